The molecule has 3 aromatic heterocycles. The number of aromatic nitrogens is 4. The van der Waals surface area contributed by atoms with Crippen molar-refractivity contribution >= 4 is 11.6 Å². The largest absolute Gasteiger partial charge is 0.435 e. The van der Waals surface area contributed by atoms with Crippen LogP contribution in [0, 0.1) is 5.82 Å². The first kappa shape index (κ1) is 24.3. The Bertz CT molecular complexity index is 1510. The van der Waals surface area contributed by atoms with Crippen molar-refractivity contribution in [1.29, 1.82) is 0 Å². The molecule has 0 spiro atoms. The van der Waals surface area contributed by atoms with Gasteiger partial charge in [-0.15, -0.1) is 0 Å². The topological polar surface area (TPSA) is 74.0 Å². The van der Waals surface area contributed by atoms with E-state index in [9.17, 15) is 8.78 Å². The van der Waals surface area contributed by atoms with Gasteiger partial charge in [0.25, 0.3) is 0 Å². The predicted octanol–water partition coefficient (Wildman–Crippen LogP) is 4.77. The van der Waals surface area contributed by atoms with Gasteiger partial charge >= 0.3 is 6.61 Å². The van der Waals surface area contributed by atoms with Gasteiger partial charge in [0.05, 0.1) is 49.9 Å². The van der Waals surface area contributed by atoms with Gasteiger partial charge in [0.1, 0.15) is 17.2 Å². The SMILES string of the molecule is CC1CC(c2ccccc2OC(F)F)c2c1nc1cc(F)c(-c3cnc(N4C5COCC4COC5)nc3)cn21. The van der Waals surface area contributed by atoms with Gasteiger partial charge in [0.2, 0.25) is 5.95 Å². The van der Waals surface area contributed by atoms with E-state index in [1.807, 2.05) is 11.3 Å². The monoisotopic (exact) mass is 537 g/mol. The minimum atomic E-state index is -2.93. The quantitative estimate of drug-likeness (QED) is 0.363. The van der Waals surface area contributed by atoms with E-state index < -0.39 is 12.4 Å². The van der Waals surface area contributed by atoms with E-state index in [0.29, 0.717) is 61.1 Å². The van der Waals surface area contributed by atoms with Crippen molar-refractivity contribution in [2.24, 2.45) is 0 Å². The smallest absolute Gasteiger partial charge is 0.387 e. The highest BCUT2D eigenvalue weighted by Gasteiger charge is 2.38. The van der Waals surface area contributed by atoms with Crippen LogP contribution in [-0.4, -0.2) is 64.5 Å². The number of morpholine rings is 2. The van der Waals surface area contributed by atoms with Crippen LogP contribution in [0.1, 0.15) is 42.1 Å². The van der Waals surface area contributed by atoms with Crippen LogP contribution in [0.5, 0.6) is 5.75 Å². The normalized spacial score (nSPS) is 24.4. The van der Waals surface area contributed by atoms with Gasteiger partial charge in [-0.2, -0.15) is 8.78 Å². The van der Waals surface area contributed by atoms with Crippen LogP contribution in [-0.2, 0) is 9.47 Å². The van der Waals surface area contributed by atoms with Crippen LogP contribution in [0.4, 0.5) is 19.1 Å². The zero-order valence-electron chi connectivity index (χ0n) is 21.1. The lowest BCUT2D eigenvalue weighted by Gasteiger charge is -2.45. The molecule has 7 rings (SSSR count). The maximum absolute atomic E-state index is 15.4. The van der Waals surface area contributed by atoms with Crippen LogP contribution < -0.4 is 9.64 Å². The van der Waals surface area contributed by atoms with Gasteiger partial charge in [-0.3, -0.25) is 0 Å². The van der Waals surface area contributed by atoms with Gasteiger partial charge in [-0.1, -0.05) is 25.1 Å². The zero-order chi connectivity index (χ0) is 26.7. The van der Waals surface area contributed by atoms with Crippen molar-refractivity contribution in [3.8, 4) is 16.9 Å². The molecule has 3 aliphatic rings. The second-order valence-corrected chi connectivity index (χ2v) is 10.3. The Kier molecular flexibility index (Phi) is 5.93. The first-order chi connectivity index (χ1) is 19.0. The number of halogens is 3. The van der Waals surface area contributed by atoms with E-state index in [1.165, 1.54) is 6.07 Å². The van der Waals surface area contributed by atoms with Crippen LogP contribution in [0.2, 0.25) is 0 Å². The Balaban J connectivity index is 1.27. The number of hydrogen-bond acceptors (Lipinski definition) is 7. The second-order valence-electron chi connectivity index (χ2n) is 10.3. The number of hydrogen-bond donors (Lipinski definition) is 0. The summed E-state index contributed by atoms with van der Waals surface area (Å²) in [6, 6.07) is 8.30. The summed E-state index contributed by atoms with van der Waals surface area (Å²) in [6.07, 6.45) is 5.64. The average Bonchev–Trinajstić information content (AvgIpc) is 3.44. The Hall–Kier alpha value is -3.70. The summed E-state index contributed by atoms with van der Waals surface area (Å²) in [7, 11) is 0. The van der Waals surface area contributed by atoms with Crippen molar-refractivity contribution in [3.63, 3.8) is 0 Å². The molecule has 2 saturated heterocycles. The van der Waals surface area contributed by atoms with Gasteiger partial charge < -0.3 is 23.5 Å². The molecule has 2 unspecified atom stereocenters. The molecule has 0 amide bonds. The van der Waals surface area contributed by atoms with Crippen molar-refractivity contribution in [1.82, 2.24) is 19.4 Å². The average molecular weight is 538 g/mol. The lowest BCUT2D eigenvalue weighted by atomic mass is 9.94. The number of nitrogens with zero attached hydrogens (tertiary/aromatic N) is 5. The predicted molar refractivity (Wildman–Crippen MR) is 136 cm³/mol. The first-order valence-corrected chi connectivity index (χ1v) is 13.0. The molecule has 0 N–H and O–H groups in total. The fourth-order valence-electron chi connectivity index (χ4n) is 6.16. The molecule has 1 aromatic carbocycles. The minimum absolute atomic E-state index is 0.0424. The number of rotatable bonds is 5. The lowest BCUT2D eigenvalue weighted by Crippen LogP contribution is -2.60. The standard InChI is InChI=1S/C28H26F3N5O3/c1-15-6-20(19-4-2-3-5-23(19)39-27(30)31)26-25(15)34-24-7-22(29)21(10-35(24)26)16-8-32-28(33-9-16)36-17-11-37-13-18(36)14-38-12-17/h2-5,7-10,15,17-18,20,27H,6,11-14H2,1H3. The van der Waals surface area contributed by atoms with E-state index in [1.54, 1.807) is 42.9 Å². The summed E-state index contributed by atoms with van der Waals surface area (Å²) in [5.41, 5.74) is 3.65. The zero-order valence-corrected chi connectivity index (χ0v) is 21.1. The molecule has 2 aliphatic heterocycles. The molecule has 2 fully saturated rings. The van der Waals surface area contributed by atoms with E-state index in [4.69, 9.17) is 19.2 Å². The van der Waals surface area contributed by atoms with Crippen LogP contribution in [0.15, 0.2) is 48.9 Å². The number of para-hydroxylation sites is 1. The summed E-state index contributed by atoms with van der Waals surface area (Å²) in [5.74, 6) is 0.0900. The fourth-order valence-corrected chi connectivity index (χ4v) is 6.16. The third-order valence-corrected chi connectivity index (χ3v) is 7.88. The molecule has 39 heavy (non-hydrogen) atoms. The number of ether oxygens (including phenoxy) is 3. The molecule has 5 heterocycles. The maximum atomic E-state index is 15.4. The summed E-state index contributed by atoms with van der Waals surface area (Å²) in [5, 5.41) is 0. The highest BCUT2D eigenvalue weighted by molar-refractivity contribution is 5.66. The van der Waals surface area contributed by atoms with Crippen molar-refractivity contribution in [3.05, 3.63) is 71.7 Å². The Labute approximate surface area is 222 Å². The summed E-state index contributed by atoms with van der Waals surface area (Å²) < 4.78 is 59.7. The number of fused-ring (bicyclic) bond motifs is 5. The van der Waals surface area contributed by atoms with Crippen molar-refractivity contribution in [2.45, 2.75) is 43.9 Å². The Morgan fingerprint density at radius 1 is 1.03 bits per heavy atom. The van der Waals surface area contributed by atoms with Crippen LogP contribution >= 0.6 is 0 Å². The third-order valence-electron chi connectivity index (χ3n) is 7.88. The van der Waals surface area contributed by atoms with E-state index in [-0.39, 0.29) is 29.7 Å². The van der Waals surface area contributed by atoms with E-state index in [0.717, 1.165) is 11.4 Å². The second kappa shape index (κ2) is 9.49. The third kappa shape index (κ3) is 4.11. The van der Waals surface area contributed by atoms with Gasteiger partial charge in [0.15, 0.2) is 0 Å². The van der Waals surface area contributed by atoms with Gasteiger partial charge in [-0.05, 0) is 12.5 Å². The highest BCUT2D eigenvalue weighted by atomic mass is 19.3. The lowest BCUT2D eigenvalue weighted by molar-refractivity contribution is -0.0505. The molecule has 202 valence electrons. The molecule has 4 aromatic rings. The Morgan fingerprint density at radius 3 is 2.41 bits per heavy atom. The van der Waals surface area contributed by atoms with Crippen molar-refractivity contribution in [2.75, 3.05) is 31.3 Å². The Morgan fingerprint density at radius 2 is 1.72 bits per heavy atom. The van der Waals surface area contributed by atoms with E-state index >= 15 is 4.39 Å². The van der Waals surface area contributed by atoms with Crippen LogP contribution in [0.25, 0.3) is 16.8 Å². The number of pyridine rings is 1. The number of benzene rings is 1. The van der Waals surface area contributed by atoms with Crippen LogP contribution in [0.3, 0.4) is 0 Å². The molecular formula is C28H26F3N5O3. The fraction of sp³-hybridized carbons (Fsp3) is 0.393. The number of anilines is 1. The summed E-state index contributed by atoms with van der Waals surface area (Å²) >= 11 is 0. The highest BCUT2D eigenvalue weighted by Crippen LogP contribution is 2.48. The molecule has 2 atom stereocenters. The molecular weight excluding hydrogens is 511 g/mol. The van der Waals surface area contributed by atoms with Gasteiger partial charge in [0, 0.05) is 53.2 Å². The molecule has 2 bridgehead atoms. The maximum Gasteiger partial charge on any atom is 0.387 e. The van der Waals surface area contributed by atoms with Crippen molar-refractivity contribution < 1.29 is 27.4 Å². The molecule has 1 aliphatic carbocycles. The molecule has 0 saturated carbocycles. The molecule has 11 heteroatoms. The minimum Gasteiger partial charge on any atom is -0.435 e. The summed E-state index contributed by atoms with van der Waals surface area (Å²) in [6.45, 7) is 1.29. The molecule has 0 radical (unpaired) electrons. The molecule has 8 nitrogen and oxygen atoms in total. The summed E-state index contributed by atoms with van der Waals surface area (Å²) in [4.78, 5) is 16.0. The van der Waals surface area contributed by atoms with Gasteiger partial charge in [-0.25, -0.2) is 19.3 Å². The number of imidazole rings is 1. The number of alkyl halides is 2. The first-order valence-electron chi connectivity index (χ1n) is 13.0. The van der Waals surface area contributed by atoms with E-state index in [2.05, 4.69) is 14.9 Å².